The molecule has 1 aliphatic heterocycles. The first kappa shape index (κ1) is 15.5. The molecule has 0 saturated carbocycles. The number of rotatable bonds is 9. The van der Waals surface area contributed by atoms with Crippen molar-refractivity contribution in [1.29, 1.82) is 0 Å². The number of piperidine rings is 1. The molecule has 18 heavy (non-hydrogen) atoms. The maximum absolute atomic E-state index is 11.7. The van der Waals surface area contributed by atoms with Crippen LogP contribution >= 0.6 is 0 Å². The summed E-state index contributed by atoms with van der Waals surface area (Å²) >= 11 is 0. The smallest absolute Gasteiger partial charge is 0.221 e. The molecule has 3 heteroatoms. The van der Waals surface area contributed by atoms with E-state index in [1.165, 1.54) is 44.9 Å². The molecule has 0 aromatic carbocycles. The van der Waals surface area contributed by atoms with Gasteiger partial charge in [-0.05, 0) is 25.8 Å². The molecule has 1 rings (SSSR count). The molecule has 1 saturated heterocycles. The Morgan fingerprint density at radius 3 is 2.67 bits per heavy atom. The van der Waals surface area contributed by atoms with Crippen LogP contribution in [0.4, 0.5) is 0 Å². The molecule has 0 aromatic rings. The summed E-state index contributed by atoms with van der Waals surface area (Å²) < 4.78 is 0. The lowest BCUT2D eigenvalue weighted by molar-refractivity contribution is -0.121. The first-order valence-electron chi connectivity index (χ1n) is 7.83. The molecular formula is C15H30N2O. The Bertz CT molecular complexity index is 213. The van der Waals surface area contributed by atoms with Gasteiger partial charge in [0.1, 0.15) is 0 Å². The summed E-state index contributed by atoms with van der Waals surface area (Å²) in [5.74, 6) is 0.225. The van der Waals surface area contributed by atoms with E-state index in [0.29, 0.717) is 12.5 Å². The Hall–Kier alpha value is -0.570. The zero-order valence-corrected chi connectivity index (χ0v) is 12.0. The molecule has 0 radical (unpaired) electrons. The Labute approximate surface area is 112 Å². The van der Waals surface area contributed by atoms with Crippen molar-refractivity contribution in [2.24, 2.45) is 0 Å². The van der Waals surface area contributed by atoms with Crippen LogP contribution < -0.4 is 10.6 Å². The van der Waals surface area contributed by atoms with E-state index >= 15 is 0 Å². The molecule has 106 valence electrons. The minimum atomic E-state index is 0.225. The van der Waals surface area contributed by atoms with Crippen molar-refractivity contribution in [3.8, 4) is 0 Å². The van der Waals surface area contributed by atoms with E-state index in [1.807, 2.05) is 0 Å². The minimum absolute atomic E-state index is 0.225. The van der Waals surface area contributed by atoms with Crippen LogP contribution in [0.3, 0.4) is 0 Å². The average molecular weight is 254 g/mol. The fourth-order valence-corrected chi connectivity index (χ4v) is 2.53. The molecule has 1 fully saturated rings. The number of amides is 1. The summed E-state index contributed by atoms with van der Waals surface area (Å²) in [6.07, 6.45) is 12.0. The van der Waals surface area contributed by atoms with E-state index in [4.69, 9.17) is 0 Å². The highest BCUT2D eigenvalue weighted by atomic mass is 16.1. The highest BCUT2D eigenvalue weighted by molar-refractivity contribution is 5.76. The van der Waals surface area contributed by atoms with Crippen molar-refractivity contribution in [2.45, 2.75) is 77.2 Å². The molecule has 0 bridgehead atoms. The first-order valence-corrected chi connectivity index (χ1v) is 7.83. The molecule has 2 N–H and O–H groups in total. The summed E-state index contributed by atoms with van der Waals surface area (Å²) in [5, 5.41) is 6.46. The summed E-state index contributed by atoms with van der Waals surface area (Å²) in [6, 6.07) is 0.420. The molecule has 1 amide bonds. The molecular weight excluding hydrogens is 224 g/mol. The van der Waals surface area contributed by atoms with Crippen molar-refractivity contribution in [3.63, 3.8) is 0 Å². The third-order valence-electron chi connectivity index (χ3n) is 3.70. The van der Waals surface area contributed by atoms with Gasteiger partial charge in [-0.15, -0.1) is 0 Å². The van der Waals surface area contributed by atoms with E-state index in [9.17, 15) is 4.79 Å². The number of carbonyl (C=O) groups is 1. The van der Waals surface area contributed by atoms with Crippen molar-refractivity contribution >= 4 is 5.91 Å². The molecule has 0 spiro atoms. The lowest BCUT2D eigenvalue weighted by atomic mass is 10.0. The van der Waals surface area contributed by atoms with Gasteiger partial charge in [0.15, 0.2) is 0 Å². The minimum Gasteiger partial charge on any atom is -0.356 e. The van der Waals surface area contributed by atoms with E-state index in [1.54, 1.807) is 0 Å². The van der Waals surface area contributed by atoms with Crippen LogP contribution in [0.25, 0.3) is 0 Å². The zero-order valence-electron chi connectivity index (χ0n) is 12.0. The third-order valence-corrected chi connectivity index (χ3v) is 3.70. The van der Waals surface area contributed by atoms with Gasteiger partial charge < -0.3 is 10.6 Å². The van der Waals surface area contributed by atoms with Gasteiger partial charge >= 0.3 is 0 Å². The normalized spacial score (nSPS) is 19.7. The number of unbranched alkanes of at least 4 members (excludes halogenated alkanes) is 5. The number of hydrogen-bond acceptors (Lipinski definition) is 2. The average Bonchev–Trinajstić information content (AvgIpc) is 2.39. The van der Waals surface area contributed by atoms with Crippen LogP contribution in [-0.4, -0.2) is 25.0 Å². The van der Waals surface area contributed by atoms with Crippen LogP contribution in [0.1, 0.15) is 71.1 Å². The molecule has 1 atom stereocenters. The highest BCUT2D eigenvalue weighted by Gasteiger charge is 2.15. The second kappa shape index (κ2) is 10.4. The number of hydrogen-bond donors (Lipinski definition) is 2. The monoisotopic (exact) mass is 254 g/mol. The maximum Gasteiger partial charge on any atom is 0.221 e. The summed E-state index contributed by atoms with van der Waals surface area (Å²) in [5.41, 5.74) is 0. The van der Waals surface area contributed by atoms with Gasteiger partial charge in [0.2, 0.25) is 5.91 Å². The van der Waals surface area contributed by atoms with Crippen molar-refractivity contribution in [2.75, 3.05) is 13.1 Å². The number of carbonyl (C=O) groups excluding carboxylic acids is 1. The lowest BCUT2D eigenvalue weighted by Gasteiger charge is -2.22. The highest BCUT2D eigenvalue weighted by Crippen LogP contribution is 2.09. The molecule has 3 nitrogen and oxygen atoms in total. The third kappa shape index (κ3) is 7.70. The van der Waals surface area contributed by atoms with Gasteiger partial charge in [0.05, 0.1) is 0 Å². The molecule has 1 heterocycles. The summed E-state index contributed by atoms with van der Waals surface area (Å²) in [7, 11) is 0. The largest absolute Gasteiger partial charge is 0.356 e. The standard InChI is InChI=1S/C15H30N2O/c1-2-3-4-5-6-8-12-17-15(18)13-14-10-7-9-11-16-14/h14,16H,2-13H2,1H3,(H,17,18). The first-order chi connectivity index (χ1) is 8.83. The molecule has 0 aliphatic carbocycles. The Morgan fingerprint density at radius 2 is 1.94 bits per heavy atom. The van der Waals surface area contributed by atoms with Gasteiger partial charge in [0, 0.05) is 19.0 Å². The van der Waals surface area contributed by atoms with Crippen LogP contribution in [-0.2, 0) is 4.79 Å². The van der Waals surface area contributed by atoms with Crippen molar-refractivity contribution in [3.05, 3.63) is 0 Å². The van der Waals surface area contributed by atoms with Gasteiger partial charge in [-0.1, -0.05) is 45.4 Å². The second-order valence-electron chi connectivity index (χ2n) is 5.47. The predicted molar refractivity (Wildman–Crippen MR) is 76.6 cm³/mol. The van der Waals surface area contributed by atoms with Gasteiger partial charge in [-0.3, -0.25) is 4.79 Å². The SMILES string of the molecule is CCCCCCCCNC(=O)CC1CCCCN1. The predicted octanol–water partition coefficient (Wildman–Crippen LogP) is 3.00. The van der Waals surface area contributed by atoms with Crippen molar-refractivity contribution < 1.29 is 4.79 Å². The van der Waals surface area contributed by atoms with Gasteiger partial charge in [-0.25, -0.2) is 0 Å². The van der Waals surface area contributed by atoms with E-state index < -0.39 is 0 Å². The van der Waals surface area contributed by atoms with Gasteiger partial charge in [0.25, 0.3) is 0 Å². The molecule has 0 aromatic heterocycles. The number of nitrogens with one attached hydrogen (secondary N) is 2. The quantitative estimate of drug-likeness (QED) is 0.621. The molecule has 1 aliphatic rings. The van der Waals surface area contributed by atoms with Gasteiger partial charge in [-0.2, -0.15) is 0 Å². The Balaban J connectivity index is 1.90. The summed E-state index contributed by atoms with van der Waals surface area (Å²) in [4.78, 5) is 11.7. The van der Waals surface area contributed by atoms with Crippen molar-refractivity contribution in [1.82, 2.24) is 10.6 Å². The maximum atomic E-state index is 11.7. The Morgan fingerprint density at radius 1 is 1.17 bits per heavy atom. The molecule has 1 unspecified atom stereocenters. The van der Waals surface area contributed by atoms with E-state index in [2.05, 4.69) is 17.6 Å². The fourth-order valence-electron chi connectivity index (χ4n) is 2.53. The van der Waals surface area contributed by atoms with Crippen LogP contribution in [0, 0.1) is 0 Å². The summed E-state index contributed by atoms with van der Waals surface area (Å²) in [6.45, 7) is 4.17. The van der Waals surface area contributed by atoms with Crippen LogP contribution in [0.2, 0.25) is 0 Å². The lowest BCUT2D eigenvalue weighted by Crippen LogP contribution is -2.38. The van der Waals surface area contributed by atoms with E-state index in [-0.39, 0.29) is 5.91 Å². The fraction of sp³-hybridized carbons (Fsp3) is 0.933. The zero-order chi connectivity index (χ0) is 13.1. The van der Waals surface area contributed by atoms with Crippen LogP contribution in [0.5, 0.6) is 0 Å². The second-order valence-corrected chi connectivity index (χ2v) is 5.47. The van der Waals surface area contributed by atoms with Crippen LogP contribution in [0.15, 0.2) is 0 Å². The van der Waals surface area contributed by atoms with E-state index in [0.717, 1.165) is 25.9 Å². The topological polar surface area (TPSA) is 41.1 Å². The Kier molecular flexibility index (Phi) is 8.92.